The highest BCUT2D eigenvalue weighted by Gasteiger charge is 2.36. The van der Waals surface area contributed by atoms with Crippen LogP contribution >= 0.6 is 0 Å². The maximum atomic E-state index is 10.6. The van der Waals surface area contributed by atoms with E-state index in [9.17, 15) is 5.11 Å². The van der Waals surface area contributed by atoms with Crippen molar-refractivity contribution in [2.75, 3.05) is 6.61 Å². The van der Waals surface area contributed by atoms with Crippen molar-refractivity contribution < 1.29 is 9.84 Å². The minimum absolute atomic E-state index is 0.167. The van der Waals surface area contributed by atoms with Crippen molar-refractivity contribution in [2.45, 2.75) is 44.8 Å². The van der Waals surface area contributed by atoms with Gasteiger partial charge < -0.3 is 9.84 Å². The number of ether oxygens (including phenoxy) is 1. The van der Waals surface area contributed by atoms with Gasteiger partial charge in [0, 0.05) is 30.3 Å². The Bertz CT molecular complexity index is 349. The molecule has 1 aliphatic heterocycles. The number of hydrogen-bond acceptors (Lipinski definition) is 3. The number of hydrogen-bond donors (Lipinski definition) is 1. The highest BCUT2D eigenvalue weighted by molar-refractivity contribution is 5.21. The minimum Gasteiger partial charge on any atom is -0.385 e. The summed E-state index contributed by atoms with van der Waals surface area (Å²) in [6.45, 7) is 4.67. The SMILES string of the molecule is CCC1CC(O)(c2ccc(C)nc2)CCO1. The first-order valence-corrected chi connectivity index (χ1v) is 5.91. The van der Waals surface area contributed by atoms with Gasteiger partial charge in [-0.15, -0.1) is 0 Å². The van der Waals surface area contributed by atoms with Gasteiger partial charge in [-0.2, -0.15) is 0 Å². The van der Waals surface area contributed by atoms with Crippen molar-refractivity contribution in [1.82, 2.24) is 4.98 Å². The van der Waals surface area contributed by atoms with Crippen LogP contribution in [0.5, 0.6) is 0 Å². The zero-order valence-electron chi connectivity index (χ0n) is 9.94. The van der Waals surface area contributed by atoms with Crippen LogP contribution in [0.25, 0.3) is 0 Å². The second-order valence-corrected chi connectivity index (χ2v) is 4.58. The molecule has 0 aliphatic carbocycles. The topological polar surface area (TPSA) is 42.4 Å². The van der Waals surface area contributed by atoms with Gasteiger partial charge >= 0.3 is 0 Å². The van der Waals surface area contributed by atoms with Gasteiger partial charge in [0.2, 0.25) is 0 Å². The third-order valence-corrected chi connectivity index (χ3v) is 3.34. The van der Waals surface area contributed by atoms with Crippen LogP contribution in [-0.2, 0) is 10.3 Å². The van der Waals surface area contributed by atoms with E-state index in [1.54, 1.807) is 6.20 Å². The molecule has 2 atom stereocenters. The Kier molecular flexibility index (Phi) is 3.26. The zero-order valence-corrected chi connectivity index (χ0v) is 9.94. The molecule has 0 radical (unpaired) electrons. The van der Waals surface area contributed by atoms with Crippen molar-refractivity contribution in [3.63, 3.8) is 0 Å². The van der Waals surface area contributed by atoms with Crippen LogP contribution < -0.4 is 0 Å². The fourth-order valence-corrected chi connectivity index (χ4v) is 2.20. The highest BCUT2D eigenvalue weighted by Crippen LogP contribution is 2.35. The quantitative estimate of drug-likeness (QED) is 0.832. The van der Waals surface area contributed by atoms with E-state index in [4.69, 9.17) is 4.74 Å². The minimum atomic E-state index is -0.750. The smallest absolute Gasteiger partial charge is 0.0958 e. The summed E-state index contributed by atoms with van der Waals surface area (Å²) in [4.78, 5) is 4.25. The molecule has 2 rings (SSSR count). The van der Waals surface area contributed by atoms with E-state index in [1.165, 1.54) is 0 Å². The number of rotatable bonds is 2. The number of aliphatic hydroxyl groups is 1. The average Bonchev–Trinajstić information content (AvgIpc) is 2.29. The van der Waals surface area contributed by atoms with E-state index < -0.39 is 5.60 Å². The molecule has 2 heterocycles. The molecule has 1 saturated heterocycles. The van der Waals surface area contributed by atoms with Gasteiger partial charge in [-0.25, -0.2) is 0 Å². The summed E-state index contributed by atoms with van der Waals surface area (Å²) in [5.41, 5.74) is 1.14. The lowest BCUT2D eigenvalue weighted by Gasteiger charge is -2.36. The van der Waals surface area contributed by atoms with Crippen molar-refractivity contribution in [2.24, 2.45) is 0 Å². The van der Waals surface area contributed by atoms with Gasteiger partial charge in [0.25, 0.3) is 0 Å². The number of nitrogens with zero attached hydrogens (tertiary/aromatic N) is 1. The van der Waals surface area contributed by atoms with Crippen molar-refractivity contribution in [1.29, 1.82) is 0 Å². The van der Waals surface area contributed by atoms with Gasteiger partial charge in [-0.3, -0.25) is 4.98 Å². The molecule has 1 aromatic rings. The van der Waals surface area contributed by atoms with E-state index in [1.807, 2.05) is 19.1 Å². The maximum Gasteiger partial charge on any atom is 0.0958 e. The third kappa shape index (κ3) is 2.25. The molecule has 1 aromatic heterocycles. The monoisotopic (exact) mass is 221 g/mol. The van der Waals surface area contributed by atoms with Crippen molar-refractivity contribution in [3.05, 3.63) is 29.6 Å². The normalized spacial score (nSPS) is 30.3. The van der Waals surface area contributed by atoms with Crippen molar-refractivity contribution in [3.8, 4) is 0 Å². The van der Waals surface area contributed by atoms with Crippen LogP contribution in [0.1, 0.15) is 37.4 Å². The molecule has 16 heavy (non-hydrogen) atoms. The summed E-state index contributed by atoms with van der Waals surface area (Å²) in [5.74, 6) is 0. The average molecular weight is 221 g/mol. The summed E-state index contributed by atoms with van der Waals surface area (Å²) in [5, 5.41) is 10.6. The maximum absolute atomic E-state index is 10.6. The lowest BCUT2D eigenvalue weighted by Crippen LogP contribution is -2.38. The predicted octanol–water partition coefficient (Wildman–Crippen LogP) is 2.17. The highest BCUT2D eigenvalue weighted by atomic mass is 16.5. The third-order valence-electron chi connectivity index (χ3n) is 3.34. The van der Waals surface area contributed by atoms with Crippen LogP contribution in [0.4, 0.5) is 0 Å². The Morgan fingerprint density at radius 1 is 1.56 bits per heavy atom. The predicted molar refractivity (Wildman–Crippen MR) is 62.1 cm³/mol. The number of aromatic nitrogens is 1. The molecule has 1 aliphatic rings. The zero-order chi connectivity index (χ0) is 11.6. The van der Waals surface area contributed by atoms with Gasteiger partial charge in [-0.05, 0) is 19.4 Å². The standard InChI is InChI=1S/C13H19NO2/c1-3-12-8-13(15,6-7-16-12)11-5-4-10(2)14-9-11/h4-5,9,12,15H,3,6-8H2,1-2H3. The molecule has 88 valence electrons. The summed E-state index contributed by atoms with van der Waals surface area (Å²) in [7, 11) is 0. The number of aryl methyl sites for hydroxylation is 1. The van der Waals surface area contributed by atoms with Crippen LogP contribution in [0.3, 0.4) is 0 Å². The molecule has 1 fully saturated rings. The molecule has 3 heteroatoms. The second-order valence-electron chi connectivity index (χ2n) is 4.58. The molecule has 0 aromatic carbocycles. The molecule has 1 N–H and O–H groups in total. The Morgan fingerprint density at radius 2 is 2.38 bits per heavy atom. The Hall–Kier alpha value is -0.930. The molecule has 0 amide bonds. The Labute approximate surface area is 96.5 Å². The van der Waals surface area contributed by atoms with Gasteiger partial charge in [0.15, 0.2) is 0 Å². The summed E-state index contributed by atoms with van der Waals surface area (Å²) in [6.07, 6.45) is 4.23. The first kappa shape index (κ1) is 11.6. The fraction of sp³-hybridized carbons (Fsp3) is 0.615. The van der Waals surface area contributed by atoms with E-state index in [-0.39, 0.29) is 6.10 Å². The molecule has 0 spiro atoms. The Balaban J connectivity index is 2.20. The van der Waals surface area contributed by atoms with Crippen LogP contribution in [0, 0.1) is 6.92 Å². The molecule has 0 saturated carbocycles. The Morgan fingerprint density at radius 3 is 3.00 bits per heavy atom. The molecule has 3 nitrogen and oxygen atoms in total. The largest absolute Gasteiger partial charge is 0.385 e. The van der Waals surface area contributed by atoms with E-state index in [0.29, 0.717) is 19.4 Å². The van der Waals surface area contributed by atoms with Gasteiger partial charge in [0.05, 0.1) is 18.3 Å². The molecular formula is C13H19NO2. The summed E-state index contributed by atoms with van der Waals surface area (Å²) in [6, 6.07) is 3.92. The molecular weight excluding hydrogens is 202 g/mol. The number of pyridine rings is 1. The van der Waals surface area contributed by atoms with Crippen molar-refractivity contribution >= 4 is 0 Å². The van der Waals surface area contributed by atoms with Gasteiger partial charge in [-0.1, -0.05) is 13.0 Å². The van der Waals surface area contributed by atoms with Crippen LogP contribution in [0.15, 0.2) is 18.3 Å². The van der Waals surface area contributed by atoms with E-state index in [0.717, 1.165) is 17.7 Å². The molecule has 0 bridgehead atoms. The van der Waals surface area contributed by atoms with Crippen LogP contribution in [0.2, 0.25) is 0 Å². The first-order chi connectivity index (χ1) is 7.64. The summed E-state index contributed by atoms with van der Waals surface area (Å²) >= 11 is 0. The summed E-state index contributed by atoms with van der Waals surface area (Å²) < 4.78 is 5.59. The van der Waals surface area contributed by atoms with Crippen LogP contribution in [-0.4, -0.2) is 22.8 Å². The van der Waals surface area contributed by atoms with E-state index in [2.05, 4.69) is 11.9 Å². The van der Waals surface area contributed by atoms with Gasteiger partial charge in [0.1, 0.15) is 0 Å². The van der Waals surface area contributed by atoms with E-state index >= 15 is 0 Å². The second kappa shape index (κ2) is 4.52. The molecule has 2 unspecified atom stereocenters. The lowest BCUT2D eigenvalue weighted by molar-refractivity contribution is -0.108. The fourth-order valence-electron chi connectivity index (χ4n) is 2.20. The first-order valence-electron chi connectivity index (χ1n) is 5.91. The lowest BCUT2D eigenvalue weighted by atomic mass is 9.84.